The number of hydrogen-bond acceptors (Lipinski definition) is 3. The Morgan fingerprint density at radius 1 is 1.35 bits per heavy atom. The normalized spacial score (nSPS) is 13.1. The molecule has 0 saturated heterocycles. The van der Waals surface area contributed by atoms with Crippen LogP contribution < -0.4 is 0 Å². The Kier molecular flexibility index (Phi) is 4.80. The molecule has 1 heterocycles. The number of thiol groups is 1. The molecule has 0 aliphatic carbocycles. The van der Waals surface area contributed by atoms with E-state index in [0.29, 0.717) is 0 Å². The maximum atomic E-state index is 4.55. The van der Waals surface area contributed by atoms with E-state index >= 15 is 0 Å². The van der Waals surface area contributed by atoms with Gasteiger partial charge in [0.15, 0.2) is 5.16 Å². The second-order valence-corrected chi connectivity index (χ2v) is 5.84. The lowest BCUT2D eigenvalue weighted by atomic mass is 10.1. The van der Waals surface area contributed by atoms with Gasteiger partial charge in [0.2, 0.25) is 0 Å². The number of nitrogens with one attached hydrogen (secondary N) is 1. The lowest BCUT2D eigenvalue weighted by Crippen LogP contribution is -1.97. The molecule has 1 unspecified atom stereocenters. The van der Waals surface area contributed by atoms with Crippen LogP contribution in [0, 0.1) is 5.92 Å². The highest BCUT2D eigenvalue weighted by molar-refractivity contribution is 7.99. The van der Waals surface area contributed by atoms with Crippen LogP contribution in [0.3, 0.4) is 0 Å². The molecule has 0 radical (unpaired) electrons. The van der Waals surface area contributed by atoms with E-state index in [1.165, 1.54) is 12.8 Å². The maximum absolute atomic E-state index is 4.55. The van der Waals surface area contributed by atoms with Gasteiger partial charge in [0, 0.05) is 5.75 Å². The molecule has 1 aromatic carbocycles. The number of nitrogens with zero attached hydrogens (tertiary/aromatic N) is 1. The van der Waals surface area contributed by atoms with Gasteiger partial charge < -0.3 is 4.98 Å². The first-order valence-electron chi connectivity index (χ1n) is 5.98. The first kappa shape index (κ1) is 12.8. The number of para-hydroxylation sites is 2. The van der Waals surface area contributed by atoms with Crippen molar-refractivity contribution in [3.63, 3.8) is 0 Å². The smallest absolute Gasteiger partial charge is 0.166 e. The van der Waals surface area contributed by atoms with Gasteiger partial charge in [0.05, 0.1) is 11.0 Å². The van der Waals surface area contributed by atoms with Gasteiger partial charge in [-0.15, -0.1) is 0 Å². The quantitative estimate of drug-likeness (QED) is 0.611. The molecule has 0 aliphatic rings. The molecule has 0 amide bonds. The van der Waals surface area contributed by atoms with Crippen molar-refractivity contribution < 1.29 is 0 Å². The number of imidazole rings is 1. The van der Waals surface area contributed by atoms with E-state index in [0.717, 1.165) is 33.6 Å². The number of benzene rings is 1. The minimum Gasteiger partial charge on any atom is -0.333 e. The Bertz CT molecular complexity index is 434. The van der Waals surface area contributed by atoms with Gasteiger partial charge in [-0.3, -0.25) is 0 Å². The van der Waals surface area contributed by atoms with E-state index in [-0.39, 0.29) is 0 Å². The third-order valence-corrected chi connectivity index (χ3v) is 4.00. The summed E-state index contributed by atoms with van der Waals surface area (Å²) in [5, 5.41) is 1.03. The van der Waals surface area contributed by atoms with Crippen LogP contribution in [0.1, 0.15) is 19.8 Å². The zero-order valence-electron chi connectivity index (χ0n) is 10.0. The van der Waals surface area contributed by atoms with Crippen LogP contribution in [-0.2, 0) is 0 Å². The van der Waals surface area contributed by atoms with Gasteiger partial charge >= 0.3 is 0 Å². The summed E-state index contributed by atoms with van der Waals surface area (Å²) in [4.78, 5) is 7.89. The molecule has 2 nitrogen and oxygen atoms in total. The number of fused-ring (bicyclic) bond motifs is 1. The van der Waals surface area contributed by atoms with Gasteiger partial charge in [0.1, 0.15) is 0 Å². The van der Waals surface area contributed by atoms with Crippen molar-refractivity contribution in [3.8, 4) is 0 Å². The molecule has 92 valence electrons. The van der Waals surface area contributed by atoms with Crippen molar-refractivity contribution in [1.29, 1.82) is 0 Å². The Labute approximate surface area is 112 Å². The number of H-pyrrole nitrogens is 1. The second-order valence-electron chi connectivity index (χ2n) is 4.31. The Balaban J connectivity index is 1.86. The lowest BCUT2D eigenvalue weighted by molar-refractivity contribution is 0.554. The monoisotopic (exact) mass is 266 g/mol. The lowest BCUT2D eigenvalue weighted by Gasteiger charge is -2.07. The Morgan fingerprint density at radius 3 is 2.94 bits per heavy atom. The fourth-order valence-corrected chi connectivity index (χ4v) is 3.22. The van der Waals surface area contributed by atoms with Crippen molar-refractivity contribution in [2.75, 3.05) is 11.5 Å². The molecule has 1 aromatic heterocycles. The van der Waals surface area contributed by atoms with E-state index in [1.807, 2.05) is 30.0 Å². The van der Waals surface area contributed by atoms with Gasteiger partial charge in [-0.2, -0.15) is 12.6 Å². The van der Waals surface area contributed by atoms with Crippen LogP contribution in [0.2, 0.25) is 0 Å². The van der Waals surface area contributed by atoms with Crippen LogP contribution in [0.5, 0.6) is 0 Å². The van der Waals surface area contributed by atoms with Gasteiger partial charge in [-0.05, 0) is 36.6 Å². The predicted octanol–water partition coefficient (Wildman–Crippen LogP) is 4.00. The highest BCUT2D eigenvalue weighted by atomic mass is 32.2. The topological polar surface area (TPSA) is 28.7 Å². The van der Waals surface area contributed by atoms with Crippen LogP contribution in [0.15, 0.2) is 29.4 Å². The molecule has 17 heavy (non-hydrogen) atoms. The zero-order valence-corrected chi connectivity index (χ0v) is 11.7. The summed E-state index contributed by atoms with van der Waals surface area (Å²) in [5.74, 6) is 2.86. The van der Waals surface area contributed by atoms with Gasteiger partial charge in [-0.25, -0.2) is 4.98 Å². The molecular weight excluding hydrogens is 248 g/mol. The molecule has 4 heteroatoms. The number of thioether (sulfide) groups is 1. The predicted molar refractivity (Wildman–Crippen MR) is 79.1 cm³/mol. The summed E-state index contributed by atoms with van der Waals surface area (Å²) >= 11 is 6.07. The van der Waals surface area contributed by atoms with E-state index in [2.05, 4.69) is 35.6 Å². The molecule has 0 bridgehead atoms. The van der Waals surface area contributed by atoms with Gasteiger partial charge in [0.25, 0.3) is 0 Å². The molecular formula is C13H18N2S2. The van der Waals surface area contributed by atoms with Crippen LogP contribution in [0.25, 0.3) is 11.0 Å². The molecule has 0 fully saturated rings. The van der Waals surface area contributed by atoms with Crippen molar-refractivity contribution in [3.05, 3.63) is 24.3 Å². The Morgan fingerprint density at radius 2 is 2.18 bits per heavy atom. The molecule has 2 aromatic rings. The van der Waals surface area contributed by atoms with Crippen LogP contribution in [-0.4, -0.2) is 21.5 Å². The van der Waals surface area contributed by atoms with E-state index in [9.17, 15) is 0 Å². The molecule has 0 aliphatic heterocycles. The minimum absolute atomic E-state index is 0.754. The standard InChI is InChI=1S/C13H18N2S2/c1-10(6-8-16)7-9-17-13-14-11-4-2-3-5-12(11)15-13/h2-5,10,16H,6-9H2,1H3,(H,14,15). The summed E-state index contributed by atoms with van der Waals surface area (Å²) < 4.78 is 0. The molecule has 1 atom stereocenters. The van der Waals surface area contributed by atoms with E-state index in [1.54, 1.807) is 0 Å². The van der Waals surface area contributed by atoms with E-state index < -0.39 is 0 Å². The third kappa shape index (κ3) is 3.68. The summed E-state index contributed by atoms with van der Waals surface area (Å²) in [5.41, 5.74) is 2.18. The van der Waals surface area contributed by atoms with Crippen LogP contribution in [0.4, 0.5) is 0 Å². The number of hydrogen-bond donors (Lipinski definition) is 2. The minimum atomic E-state index is 0.754. The van der Waals surface area contributed by atoms with Gasteiger partial charge in [-0.1, -0.05) is 30.8 Å². The first-order chi connectivity index (χ1) is 8.29. The molecule has 1 N–H and O–H groups in total. The second kappa shape index (κ2) is 6.36. The zero-order chi connectivity index (χ0) is 12.1. The number of aromatic nitrogens is 2. The average Bonchev–Trinajstić information content (AvgIpc) is 2.71. The first-order valence-corrected chi connectivity index (χ1v) is 7.60. The number of rotatable bonds is 6. The highest BCUT2D eigenvalue weighted by Crippen LogP contribution is 2.21. The maximum Gasteiger partial charge on any atom is 0.166 e. The number of aromatic amines is 1. The SMILES string of the molecule is CC(CCS)CCSc1nc2ccccc2[nH]1. The van der Waals surface area contributed by atoms with Crippen LogP contribution >= 0.6 is 24.4 Å². The summed E-state index contributed by atoms with van der Waals surface area (Å²) in [7, 11) is 0. The summed E-state index contributed by atoms with van der Waals surface area (Å²) in [6.45, 7) is 2.29. The van der Waals surface area contributed by atoms with Crippen molar-refractivity contribution >= 4 is 35.4 Å². The summed E-state index contributed by atoms with van der Waals surface area (Å²) in [6.07, 6.45) is 2.42. The largest absolute Gasteiger partial charge is 0.333 e. The third-order valence-electron chi connectivity index (χ3n) is 2.84. The Hall–Kier alpha value is -0.610. The van der Waals surface area contributed by atoms with E-state index in [4.69, 9.17) is 0 Å². The summed E-state index contributed by atoms with van der Waals surface area (Å²) in [6, 6.07) is 8.16. The highest BCUT2D eigenvalue weighted by Gasteiger charge is 2.04. The molecule has 2 rings (SSSR count). The average molecular weight is 266 g/mol. The molecule has 0 spiro atoms. The molecule has 0 saturated carbocycles. The fourth-order valence-electron chi connectivity index (χ4n) is 1.72. The fraction of sp³-hybridized carbons (Fsp3) is 0.462. The van der Waals surface area contributed by atoms with Crippen molar-refractivity contribution in [1.82, 2.24) is 9.97 Å². The van der Waals surface area contributed by atoms with Crippen molar-refractivity contribution in [2.24, 2.45) is 5.92 Å². The van der Waals surface area contributed by atoms with Crippen molar-refractivity contribution in [2.45, 2.75) is 24.9 Å².